The fourth-order valence-corrected chi connectivity index (χ4v) is 6.11. The second kappa shape index (κ2) is 12.5. The first-order valence-electron chi connectivity index (χ1n) is 14.7. The summed E-state index contributed by atoms with van der Waals surface area (Å²) in [5.74, 6) is -0.147. The molecule has 0 radical (unpaired) electrons. The predicted octanol–water partition coefficient (Wildman–Crippen LogP) is 7.48. The molecule has 43 heavy (non-hydrogen) atoms. The number of benzene rings is 2. The largest absolute Gasteiger partial charge is 0.359 e. The third kappa shape index (κ3) is 6.33. The molecule has 1 aliphatic heterocycles. The van der Waals surface area contributed by atoms with E-state index in [1.165, 1.54) is 0 Å². The van der Waals surface area contributed by atoms with Crippen molar-refractivity contribution in [2.45, 2.75) is 78.7 Å². The van der Waals surface area contributed by atoms with Crippen molar-refractivity contribution in [3.8, 4) is 17.2 Å². The number of rotatable bonds is 8. The quantitative estimate of drug-likeness (QED) is 0.210. The van der Waals surface area contributed by atoms with Crippen LogP contribution in [0.25, 0.3) is 22.2 Å². The van der Waals surface area contributed by atoms with Gasteiger partial charge in [0.1, 0.15) is 12.4 Å². The molecule has 8 heteroatoms. The van der Waals surface area contributed by atoms with Crippen molar-refractivity contribution < 1.29 is 14.3 Å². The van der Waals surface area contributed by atoms with Gasteiger partial charge < -0.3 is 18.9 Å². The Morgan fingerprint density at radius 3 is 2.49 bits per heavy atom. The Labute approximate surface area is 259 Å². The molecule has 1 aliphatic rings. The normalized spacial score (nSPS) is 16.0. The summed E-state index contributed by atoms with van der Waals surface area (Å²) in [5, 5.41) is 10.9. The van der Waals surface area contributed by atoms with Crippen LogP contribution in [-0.4, -0.2) is 45.3 Å². The van der Waals surface area contributed by atoms with Gasteiger partial charge in [0.05, 0.1) is 30.7 Å². The molecule has 1 unspecified atom stereocenters. The standard InChI is InChI=1S/C35H39ClN4O3/c1-22-24(3)39(18-10-17-37)33-29(22)31(26-13-15-27(36)16-14-26)30(23(2)38-33)32(43-35(4,5)6)34(41)40-21-42-20-28(40)19-25-11-8-7-9-12-25/h7-9,11-16,28,32H,10,18-21H2,1-6H3/t28?,32-/m1/s1. The lowest BCUT2D eigenvalue weighted by Gasteiger charge is -2.33. The number of carbonyl (C=O) groups is 1. The van der Waals surface area contributed by atoms with Crippen molar-refractivity contribution in [2.24, 2.45) is 0 Å². The molecule has 2 aromatic carbocycles. The maximum absolute atomic E-state index is 14.7. The number of carbonyl (C=O) groups excluding carboxylic acids is 1. The molecule has 224 valence electrons. The van der Waals surface area contributed by atoms with E-state index < -0.39 is 11.7 Å². The van der Waals surface area contributed by atoms with Crippen molar-refractivity contribution in [1.29, 1.82) is 5.26 Å². The topological polar surface area (TPSA) is 80.4 Å². The second-order valence-corrected chi connectivity index (χ2v) is 12.7. The summed E-state index contributed by atoms with van der Waals surface area (Å²) in [7, 11) is 0. The van der Waals surface area contributed by atoms with Crippen LogP contribution < -0.4 is 0 Å². The molecule has 7 nitrogen and oxygen atoms in total. The Hall–Kier alpha value is -3.70. The van der Waals surface area contributed by atoms with Crippen LogP contribution in [0.3, 0.4) is 0 Å². The van der Waals surface area contributed by atoms with Crippen LogP contribution in [0, 0.1) is 32.1 Å². The highest BCUT2D eigenvalue weighted by Crippen LogP contribution is 2.43. The molecule has 2 atom stereocenters. The molecule has 0 aliphatic carbocycles. The van der Waals surface area contributed by atoms with Crippen molar-refractivity contribution in [2.75, 3.05) is 13.3 Å². The highest BCUT2D eigenvalue weighted by molar-refractivity contribution is 6.30. The molecule has 2 aromatic heterocycles. The minimum atomic E-state index is -0.926. The maximum atomic E-state index is 14.7. The Morgan fingerprint density at radius 2 is 1.84 bits per heavy atom. The number of aromatic nitrogens is 2. The summed E-state index contributed by atoms with van der Waals surface area (Å²) in [6, 6.07) is 20.0. The van der Waals surface area contributed by atoms with E-state index in [4.69, 9.17) is 26.1 Å². The van der Waals surface area contributed by atoms with Crippen LogP contribution >= 0.6 is 11.6 Å². The maximum Gasteiger partial charge on any atom is 0.258 e. The van der Waals surface area contributed by atoms with E-state index in [9.17, 15) is 10.1 Å². The van der Waals surface area contributed by atoms with Gasteiger partial charge in [0.15, 0.2) is 6.10 Å². The van der Waals surface area contributed by atoms with Gasteiger partial charge in [-0.05, 0) is 76.8 Å². The summed E-state index contributed by atoms with van der Waals surface area (Å²) < 4.78 is 14.7. The molecular formula is C35H39ClN4O3. The average Bonchev–Trinajstić information content (AvgIpc) is 3.52. The van der Waals surface area contributed by atoms with Gasteiger partial charge in [-0.15, -0.1) is 0 Å². The van der Waals surface area contributed by atoms with Crippen LogP contribution in [-0.2, 0) is 27.2 Å². The Kier molecular flexibility index (Phi) is 8.94. The summed E-state index contributed by atoms with van der Waals surface area (Å²) in [4.78, 5) is 21.6. The van der Waals surface area contributed by atoms with E-state index in [0.29, 0.717) is 36.7 Å². The number of halogens is 1. The summed E-state index contributed by atoms with van der Waals surface area (Å²) >= 11 is 6.33. The Bertz CT molecular complexity index is 1670. The SMILES string of the molecule is Cc1nc2c(c(C)c(C)n2CCC#N)c(-c2ccc(Cl)cc2)c1[C@@H](OC(C)(C)C)C(=O)N1COCC1Cc1ccccc1. The van der Waals surface area contributed by atoms with E-state index in [-0.39, 0.29) is 18.7 Å². The van der Waals surface area contributed by atoms with Crippen LogP contribution in [0.15, 0.2) is 54.6 Å². The van der Waals surface area contributed by atoms with E-state index in [2.05, 4.69) is 36.6 Å². The van der Waals surface area contributed by atoms with Gasteiger partial charge in [-0.2, -0.15) is 5.26 Å². The number of aryl methyl sites for hydroxylation is 3. The molecular weight excluding hydrogens is 560 g/mol. The zero-order valence-corrected chi connectivity index (χ0v) is 26.5. The van der Waals surface area contributed by atoms with Crippen LogP contribution in [0.5, 0.6) is 0 Å². The van der Waals surface area contributed by atoms with E-state index >= 15 is 0 Å². The van der Waals surface area contributed by atoms with Crippen LogP contribution in [0.2, 0.25) is 5.02 Å². The predicted molar refractivity (Wildman–Crippen MR) is 170 cm³/mol. The summed E-state index contributed by atoms with van der Waals surface area (Å²) in [6.45, 7) is 13.2. The van der Waals surface area contributed by atoms with Gasteiger partial charge in [-0.1, -0.05) is 54.1 Å². The fourth-order valence-electron chi connectivity index (χ4n) is 5.99. The van der Waals surface area contributed by atoms with E-state index in [1.807, 2.05) is 75.1 Å². The monoisotopic (exact) mass is 598 g/mol. The Morgan fingerprint density at radius 1 is 1.14 bits per heavy atom. The highest BCUT2D eigenvalue weighted by atomic mass is 35.5. The lowest BCUT2D eigenvalue weighted by molar-refractivity contribution is -0.156. The van der Waals surface area contributed by atoms with E-state index in [0.717, 1.165) is 44.5 Å². The van der Waals surface area contributed by atoms with Gasteiger partial charge in [0.2, 0.25) is 0 Å². The first-order valence-corrected chi connectivity index (χ1v) is 15.1. The van der Waals surface area contributed by atoms with E-state index in [1.54, 1.807) is 0 Å². The number of nitrogens with zero attached hydrogens (tertiary/aromatic N) is 4. The molecule has 4 aromatic rings. The van der Waals surface area contributed by atoms with Crippen LogP contribution in [0.1, 0.15) is 61.4 Å². The number of nitriles is 1. The zero-order chi connectivity index (χ0) is 30.9. The van der Waals surface area contributed by atoms with Crippen molar-refractivity contribution >= 4 is 28.5 Å². The lowest BCUT2D eigenvalue weighted by atomic mass is 9.90. The molecule has 5 rings (SSSR count). The van der Waals surface area contributed by atoms with Crippen molar-refractivity contribution in [3.63, 3.8) is 0 Å². The Balaban J connectivity index is 1.72. The summed E-state index contributed by atoms with van der Waals surface area (Å²) in [5.41, 5.74) is 6.68. The number of amides is 1. The smallest absolute Gasteiger partial charge is 0.258 e. The average molecular weight is 599 g/mol. The molecule has 3 heterocycles. The van der Waals surface area contributed by atoms with Gasteiger partial charge in [-0.25, -0.2) is 4.98 Å². The van der Waals surface area contributed by atoms with Gasteiger partial charge in [0, 0.05) is 39.5 Å². The lowest BCUT2D eigenvalue weighted by Crippen LogP contribution is -2.43. The van der Waals surface area contributed by atoms with Gasteiger partial charge in [0.25, 0.3) is 5.91 Å². The molecule has 1 amide bonds. The third-order valence-electron chi connectivity index (χ3n) is 8.10. The van der Waals surface area contributed by atoms with Crippen LogP contribution in [0.4, 0.5) is 0 Å². The minimum absolute atomic E-state index is 0.118. The first kappa shape index (κ1) is 30.7. The number of hydrogen-bond acceptors (Lipinski definition) is 5. The second-order valence-electron chi connectivity index (χ2n) is 12.2. The van der Waals surface area contributed by atoms with Gasteiger partial charge in [-0.3, -0.25) is 4.79 Å². The van der Waals surface area contributed by atoms with Crippen molar-refractivity contribution in [3.05, 3.63) is 87.7 Å². The number of ether oxygens (including phenoxy) is 2. The third-order valence-corrected chi connectivity index (χ3v) is 8.35. The van der Waals surface area contributed by atoms with Gasteiger partial charge >= 0.3 is 0 Å². The van der Waals surface area contributed by atoms with Crippen molar-refractivity contribution in [1.82, 2.24) is 14.5 Å². The highest BCUT2D eigenvalue weighted by Gasteiger charge is 2.40. The summed E-state index contributed by atoms with van der Waals surface area (Å²) in [6.07, 6.45) is 0.133. The minimum Gasteiger partial charge on any atom is -0.359 e. The molecule has 1 fully saturated rings. The molecule has 0 N–H and O–H groups in total. The molecule has 0 spiro atoms. The fraction of sp³-hybridized carbons (Fsp3) is 0.400. The molecule has 0 saturated carbocycles. The number of pyridine rings is 1. The first-order chi connectivity index (χ1) is 20.5. The molecule has 0 bridgehead atoms. The number of fused-ring (bicyclic) bond motifs is 1. The number of hydrogen-bond donors (Lipinski definition) is 0. The molecule has 1 saturated heterocycles. The zero-order valence-electron chi connectivity index (χ0n) is 25.8.